The summed E-state index contributed by atoms with van der Waals surface area (Å²) in [5, 5.41) is 0. The maximum Gasteiger partial charge on any atom is 0.401 e. The maximum absolute atomic E-state index is 13.1. The van der Waals surface area contributed by atoms with Gasteiger partial charge in [0.1, 0.15) is 6.17 Å². The first-order valence-corrected chi connectivity index (χ1v) is 5.83. The van der Waals surface area contributed by atoms with Gasteiger partial charge in [0.15, 0.2) is 0 Å². The van der Waals surface area contributed by atoms with E-state index in [-0.39, 0.29) is 0 Å². The normalized spacial score (nSPS) is 20.6. The van der Waals surface area contributed by atoms with E-state index >= 15 is 0 Å². The van der Waals surface area contributed by atoms with Gasteiger partial charge < -0.3 is 4.90 Å². The first-order valence-electron chi connectivity index (χ1n) is 4.49. The third-order valence-electron chi connectivity index (χ3n) is 2.63. The van der Waals surface area contributed by atoms with Gasteiger partial charge in [0, 0.05) is 7.05 Å². The molecule has 2 rings (SSSR count). The number of anilines is 2. The van der Waals surface area contributed by atoms with Crippen LogP contribution in [0, 0.1) is 0 Å². The largest absolute Gasteiger partial charge is 0.401 e. The van der Waals surface area contributed by atoms with Crippen molar-refractivity contribution in [2.75, 3.05) is 16.3 Å². The molecule has 0 amide bonds. The quantitative estimate of drug-likeness (QED) is 0.686. The number of hydrogen-bond acceptors (Lipinski definition) is 3. The molecule has 0 spiro atoms. The van der Waals surface area contributed by atoms with Crippen LogP contribution >= 0.6 is 0 Å². The summed E-state index contributed by atoms with van der Waals surface area (Å²) in [5.74, 6) is 0. The Morgan fingerprint density at radius 3 is 2.33 bits per heavy atom. The van der Waals surface area contributed by atoms with Crippen LogP contribution < -0.4 is 9.21 Å². The molecule has 1 aromatic carbocycles. The highest BCUT2D eigenvalue weighted by Crippen LogP contribution is 2.40. The van der Waals surface area contributed by atoms with Gasteiger partial charge in [-0.3, -0.25) is 0 Å². The summed E-state index contributed by atoms with van der Waals surface area (Å²) >= 11 is 0. The first kappa shape index (κ1) is 10.2. The van der Waals surface area contributed by atoms with Gasteiger partial charge in [0.2, 0.25) is 0 Å². The molecule has 0 fully saturated rings. The fraction of sp³-hybridized carbons (Fsp3) is 0.333. The molecule has 0 aliphatic carbocycles. The van der Waals surface area contributed by atoms with E-state index in [2.05, 4.69) is 0 Å². The van der Waals surface area contributed by atoms with E-state index in [4.69, 9.17) is 0 Å². The molecule has 1 aromatic rings. The number of hydrogen-bond donors (Lipinski definition) is 0. The molecule has 15 heavy (non-hydrogen) atoms. The number of para-hydroxylation sites is 2. The summed E-state index contributed by atoms with van der Waals surface area (Å²) in [6, 6.07) is 6.82. The van der Waals surface area contributed by atoms with Crippen LogP contribution in [-0.4, -0.2) is 21.6 Å². The number of fused-ring (bicyclic) bond motifs is 1. The Hall–Kier alpha value is -1.30. The van der Waals surface area contributed by atoms with Crippen LogP contribution in [0.15, 0.2) is 24.3 Å². The van der Waals surface area contributed by atoms with E-state index in [1.165, 1.54) is 0 Å². The van der Waals surface area contributed by atoms with Gasteiger partial charge in [-0.1, -0.05) is 16.0 Å². The second-order valence-corrected chi connectivity index (χ2v) is 4.69. The van der Waals surface area contributed by atoms with Crippen molar-refractivity contribution in [2.45, 2.75) is 13.1 Å². The first-order chi connectivity index (χ1) is 6.93. The zero-order chi connectivity index (χ0) is 11.2. The SMILES string of the molecule is CC1N(C)c2ccccc2N1S(=O)(=O)F. The summed E-state index contributed by atoms with van der Waals surface area (Å²) in [4.78, 5) is 1.71. The summed E-state index contributed by atoms with van der Waals surface area (Å²) in [6.45, 7) is 1.64. The Kier molecular flexibility index (Phi) is 2.11. The Morgan fingerprint density at radius 1 is 1.27 bits per heavy atom. The van der Waals surface area contributed by atoms with Crippen molar-refractivity contribution in [2.24, 2.45) is 0 Å². The van der Waals surface area contributed by atoms with Crippen LogP contribution in [0.3, 0.4) is 0 Å². The highest BCUT2D eigenvalue weighted by molar-refractivity contribution is 7.87. The molecule has 0 aromatic heterocycles. The highest BCUT2D eigenvalue weighted by Gasteiger charge is 2.38. The fourth-order valence-electron chi connectivity index (χ4n) is 1.81. The van der Waals surface area contributed by atoms with Crippen molar-refractivity contribution >= 4 is 21.8 Å². The topological polar surface area (TPSA) is 40.6 Å². The van der Waals surface area contributed by atoms with Gasteiger partial charge in [-0.05, 0) is 19.1 Å². The maximum atomic E-state index is 13.1. The minimum Gasteiger partial charge on any atom is -0.352 e. The third kappa shape index (κ3) is 1.45. The van der Waals surface area contributed by atoms with E-state index in [1.54, 1.807) is 43.1 Å². The van der Waals surface area contributed by atoms with E-state index in [9.17, 15) is 12.3 Å². The van der Waals surface area contributed by atoms with Crippen molar-refractivity contribution in [1.29, 1.82) is 0 Å². The van der Waals surface area contributed by atoms with Gasteiger partial charge in [-0.25, -0.2) is 4.31 Å². The average Bonchev–Trinajstić information content (AvgIpc) is 2.39. The van der Waals surface area contributed by atoms with Crippen molar-refractivity contribution in [1.82, 2.24) is 0 Å². The molecule has 0 N–H and O–H groups in total. The third-order valence-corrected chi connectivity index (χ3v) is 3.61. The molecule has 1 heterocycles. The van der Waals surface area contributed by atoms with Crippen LogP contribution in [0.1, 0.15) is 6.92 Å². The predicted molar refractivity (Wildman–Crippen MR) is 56.8 cm³/mol. The minimum absolute atomic E-state index is 0.384. The average molecular weight is 230 g/mol. The lowest BCUT2D eigenvalue weighted by atomic mass is 10.3. The van der Waals surface area contributed by atoms with Crippen molar-refractivity contribution in [3.8, 4) is 0 Å². The van der Waals surface area contributed by atoms with Crippen molar-refractivity contribution < 1.29 is 12.3 Å². The Balaban J connectivity index is 2.62. The van der Waals surface area contributed by atoms with Crippen LogP contribution in [-0.2, 0) is 10.4 Å². The zero-order valence-corrected chi connectivity index (χ0v) is 9.20. The van der Waals surface area contributed by atoms with Crippen LogP contribution in [0.25, 0.3) is 0 Å². The standard InChI is InChI=1S/C9H11FN2O2S/c1-7-11(2)8-5-3-4-6-9(8)12(7)15(10,13)14/h3-7H,1-2H3. The smallest absolute Gasteiger partial charge is 0.352 e. The monoisotopic (exact) mass is 230 g/mol. The second kappa shape index (κ2) is 3.10. The Labute approximate surface area is 88.3 Å². The molecule has 1 atom stereocenters. The van der Waals surface area contributed by atoms with E-state index in [0.29, 0.717) is 11.4 Å². The predicted octanol–water partition coefficient (Wildman–Crippen LogP) is 1.50. The second-order valence-electron chi connectivity index (χ2n) is 3.47. The van der Waals surface area contributed by atoms with Gasteiger partial charge in [0.05, 0.1) is 11.4 Å². The molecule has 0 radical (unpaired) electrons. The molecule has 0 bridgehead atoms. The molecule has 1 aliphatic rings. The van der Waals surface area contributed by atoms with Gasteiger partial charge >= 0.3 is 10.4 Å². The number of halogens is 1. The minimum atomic E-state index is -4.71. The molecule has 4 nitrogen and oxygen atoms in total. The zero-order valence-electron chi connectivity index (χ0n) is 8.38. The molecule has 1 unspecified atom stereocenters. The summed E-state index contributed by atoms with van der Waals surface area (Å²) in [6.07, 6.45) is -0.530. The molecular formula is C9H11FN2O2S. The Morgan fingerprint density at radius 2 is 1.80 bits per heavy atom. The van der Waals surface area contributed by atoms with Crippen molar-refractivity contribution in [3.63, 3.8) is 0 Å². The van der Waals surface area contributed by atoms with Gasteiger partial charge in [-0.15, -0.1) is 0 Å². The molecule has 0 saturated heterocycles. The van der Waals surface area contributed by atoms with Crippen LogP contribution in [0.5, 0.6) is 0 Å². The van der Waals surface area contributed by atoms with E-state index in [1.807, 2.05) is 0 Å². The summed E-state index contributed by atoms with van der Waals surface area (Å²) < 4.78 is 35.8. The van der Waals surface area contributed by atoms with Gasteiger partial charge in [-0.2, -0.15) is 8.42 Å². The van der Waals surface area contributed by atoms with Crippen molar-refractivity contribution in [3.05, 3.63) is 24.3 Å². The Bertz CT molecular complexity index is 489. The summed E-state index contributed by atoms with van der Waals surface area (Å²) in [5.41, 5.74) is 1.10. The van der Waals surface area contributed by atoms with Crippen LogP contribution in [0.2, 0.25) is 0 Å². The molecule has 6 heteroatoms. The molecule has 0 saturated carbocycles. The van der Waals surface area contributed by atoms with E-state index < -0.39 is 16.6 Å². The lowest BCUT2D eigenvalue weighted by molar-refractivity contribution is 0.539. The molecular weight excluding hydrogens is 219 g/mol. The lowest BCUT2D eigenvalue weighted by Crippen LogP contribution is -2.40. The fourth-order valence-corrected chi connectivity index (χ4v) is 2.70. The number of nitrogens with zero attached hydrogens (tertiary/aromatic N) is 2. The van der Waals surface area contributed by atoms with Gasteiger partial charge in [0.25, 0.3) is 0 Å². The molecule has 82 valence electrons. The molecule has 1 aliphatic heterocycles. The summed E-state index contributed by atoms with van der Waals surface area (Å²) in [7, 11) is -2.98. The number of rotatable bonds is 1. The highest BCUT2D eigenvalue weighted by atomic mass is 32.3. The van der Waals surface area contributed by atoms with E-state index in [0.717, 1.165) is 4.31 Å². The number of benzene rings is 1. The van der Waals surface area contributed by atoms with Crippen LogP contribution in [0.4, 0.5) is 15.3 Å². The lowest BCUT2D eigenvalue weighted by Gasteiger charge is -2.23.